The molecule has 0 aliphatic heterocycles. The molecule has 0 saturated carbocycles. The monoisotopic (exact) mass is 200 g/mol. The van der Waals surface area contributed by atoms with Crippen molar-refractivity contribution in [2.75, 3.05) is 0 Å². The molecule has 0 fully saturated rings. The summed E-state index contributed by atoms with van der Waals surface area (Å²) in [6.07, 6.45) is 1.54. The quantitative estimate of drug-likeness (QED) is 0.763. The van der Waals surface area contributed by atoms with E-state index in [9.17, 15) is 4.79 Å². The zero-order chi connectivity index (χ0) is 9.84. The molecule has 0 radical (unpaired) electrons. The lowest BCUT2D eigenvalue weighted by Crippen LogP contribution is -2.21. The Morgan fingerprint density at radius 3 is 3.00 bits per heavy atom. The highest BCUT2D eigenvalue weighted by Gasteiger charge is 2.10. The number of rotatable bonds is 4. The standard InChI is InChI=1S/C8H12N2O2S/c1-2-5(9)3-7-10-6(4-13-7)8(11)12/h4-5H,2-3,9H2,1H3,(H,11,12). The van der Waals surface area contributed by atoms with Gasteiger partial charge in [0.05, 0.1) is 5.01 Å². The Bertz CT molecular complexity index is 298. The molecule has 0 aromatic carbocycles. The molecule has 5 heteroatoms. The van der Waals surface area contributed by atoms with E-state index >= 15 is 0 Å². The van der Waals surface area contributed by atoms with E-state index in [1.54, 1.807) is 5.38 Å². The normalized spacial score (nSPS) is 12.8. The summed E-state index contributed by atoms with van der Waals surface area (Å²) < 4.78 is 0. The van der Waals surface area contributed by atoms with Crippen molar-refractivity contribution in [2.24, 2.45) is 5.73 Å². The van der Waals surface area contributed by atoms with Crippen LogP contribution in [-0.4, -0.2) is 22.1 Å². The molecule has 4 nitrogen and oxygen atoms in total. The minimum Gasteiger partial charge on any atom is -0.476 e. The van der Waals surface area contributed by atoms with Crippen LogP contribution in [0, 0.1) is 0 Å². The van der Waals surface area contributed by atoms with E-state index in [2.05, 4.69) is 4.98 Å². The fraction of sp³-hybridized carbons (Fsp3) is 0.500. The second-order valence-corrected chi connectivity index (χ2v) is 3.75. The molecule has 1 heterocycles. The predicted molar refractivity (Wildman–Crippen MR) is 51.0 cm³/mol. The van der Waals surface area contributed by atoms with Gasteiger partial charge in [-0.1, -0.05) is 6.92 Å². The van der Waals surface area contributed by atoms with Gasteiger partial charge < -0.3 is 10.8 Å². The Kier molecular flexibility index (Phi) is 3.39. The van der Waals surface area contributed by atoms with E-state index in [0.717, 1.165) is 11.4 Å². The second kappa shape index (κ2) is 4.34. The van der Waals surface area contributed by atoms with E-state index in [0.29, 0.717) is 6.42 Å². The smallest absolute Gasteiger partial charge is 0.355 e. The molecule has 0 spiro atoms. The van der Waals surface area contributed by atoms with Crippen molar-refractivity contribution in [3.63, 3.8) is 0 Å². The number of aromatic nitrogens is 1. The Labute approximate surface area is 80.4 Å². The zero-order valence-electron chi connectivity index (χ0n) is 7.36. The van der Waals surface area contributed by atoms with Crippen molar-refractivity contribution in [2.45, 2.75) is 25.8 Å². The number of carboxylic acid groups (broad SMARTS) is 1. The van der Waals surface area contributed by atoms with Gasteiger partial charge in [0.2, 0.25) is 0 Å². The maximum atomic E-state index is 10.5. The molecule has 1 aromatic heterocycles. The van der Waals surface area contributed by atoms with E-state index in [4.69, 9.17) is 10.8 Å². The largest absolute Gasteiger partial charge is 0.476 e. The van der Waals surface area contributed by atoms with Gasteiger partial charge in [-0.25, -0.2) is 9.78 Å². The van der Waals surface area contributed by atoms with Gasteiger partial charge in [0.25, 0.3) is 0 Å². The summed E-state index contributed by atoms with van der Waals surface area (Å²) in [6.45, 7) is 2.00. The average Bonchev–Trinajstić information content (AvgIpc) is 2.52. The van der Waals surface area contributed by atoms with Crippen molar-refractivity contribution in [1.29, 1.82) is 0 Å². The number of carboxylic acids is 1. The van der Waals surface area contributed by atoms with Gasteiger partial charge in [0.1, 0.15) is 0 Å². The van der Waals surface area contributed by atoms with Gasteiger partial charge in [-0.2, -0.15) is 0 Å². The fourth-order valence-electron chi connectivity index (χ4n) is 0.872. The molecule has 13 heavy (non-hydrogen) atoms. The van der Waals surface area contributed by atoms with Crippen molar-refractivity contribution in [3.8, 4) is 0 Å². The molecule has 1 aromatic rings. The van der Waals surface area contributed by atoms with Crippen LogP contribution in [0.25, 0.3) is 0 Å². The first-order chi connectivity index (χ1) is 6.13. The second-order valence-electron chi connectivity index (χ2n) is 2.80. The average molecular weight is 200 g/mol. The molecule has 3 N–H and O–H groups in total. The fourth-order valence-corrected chi connectivity index (χ4v) is 1.73. The lowest BCUT2D eigenvalue weighted by molar-refractivity contribution is 0.0691. The number of hydrogen-bond acceptors (Lipinski definition) is 4. The number of nitrogens with zero attached hydrogens (tertiary/aromatic N) is 1. The van der Waals surface area contributed by atoms with Crippen molar-refractivity contribution in [3.05, 3.63) is 16.1 Å². The maximum absolute atomic E-state index is 10.5. The van der Waals surface area contributed by atoms with Crippen LogP contribution in [0.1, 0.15) is 28.8 Å². The minimum atomic E-state index is -0.979. The molecule has 72 valence electrons. The molecule has 1 unspecified atom stereocenters. The summed E-state index contributed by atoms with van der Waals surface area (Å²) in [7, 11) is 0. The molecular formula is C8H12N2O2S. The Balaban J connectivity index is 2.64. The van der Waals surface area contributed by atoms with E-state index in [1.165, 1.54) is 11.3 Å². The number of hydrogen-bond donors (Lipinski definition) is 2. The molecule has 1 rings (SSSR count). The Morgan fingerprint density at radius 2 is 2.54 bits per heavy atom. The first-order valence-corrected chi connectivity index (χ1v) is 4.94. The predicted octanol–water partition coefficient (Wildman–Crippen LogP) is 1.12. The third kappa shape index (κ3) is 2.78. The van der Waals surface area contributed by atoms with Crippen LogP contribution >= 0.6 is 11.3 Å². The van der Waals surface area contributed by atoms with Crippen LogP contribution in [0.15, 0.2) is 5.38 Å². The van der Waals surface area contributed by atoms with Crippen LogP contribution in [0.4, 0.5) is 0 Å². The Hall–Kier alpha value is -0.940. The molecule has 0 saturated heterocycles. The van der Waals surface area contributed by atoms with Crippen LogP contribution in [0.5, 0.6) is 0 Å². The van der Waals surface area contributed by atoms with Gasteiger partial charge in [0.15, 0.2) is 5.69 Å². The third-order valence-electron chi connectivity index (χ3n) is 1.73. The van der Waals surface area contributed by atoms with E-state index in [-0.39, 0.29) is 11.7 Å². The highest BCUT2D eigenvalue weighted by Crippen LogP contribution is 2.12. The minimum absolute atomic E-state index is 0.0767. The number of thiazole rings is 1. The first-order valence-electron chi connectivity index (χ1n) is 4.06. The summed E-state index contributed by atoms with van der Waals surface area (Å²) in [5.41, 5.74) is 5.82. The van der Waals surface area contributed by atoms with Gasteiger partial charge in [0, 0.05) is 17.8 Å². The van der Waals surface area contributed by atoms with Gasteiger partial charge in [-0.3, -0.25) is 0 Å². The maximum Gasteiger partial charge on any atom is 0.355 e. The third-order valence-corrected chi connectivity index (χ3v) is 2.60. The summed E-state index contributed by atoms with van der Waals surface area (Å²) in [5, 5.41) is 10.9. The molecule has 0 aliphatic carbocycles. The number of aromatic carboxylic acids is 1. The highest BCUT2D eigenvalue weighted by molar-refractivity contribution is 7.09. The van der Waals surface area contributed by atoms with Gasteiger partial charge in [-0.15, -0.1) is 11.3 Å². The zero-order valence-corrected chi connectivity index (χ0v) is 8.17. The summed E-state index contributed by atoms with van der Waals surface area (Å²) in [5.74, 6) is -0.979. The van der Waals surface area contributed by atoms with E-state index < -0.39 is 5.97 Å². The van der Waals surface area contributed by atoms with Gasteiger partial charge in [-0.05, 0) is 6.42 Å². The number of nitrogens with two attached hydrogens (primary N) is 1. The van der Waals surface area contributed by atoms with Crippen molar-refractivity contribution < 1.29 is 9.90 Å². The van der Waals surface area contributed by atoms with Crippen LogP contribution in [0.2, 0.25) is 0 Å². The lowest BCUT2D eigenvalue weighted by atomic mass is 10.2. The Morgan fingerprint density at radius 1 is 1.85 bits per heavy atom. The summed E-state index contributed by atoms with van der Waals surface area (Å²) in [4.78, 5) is 14.4. The molecule has 0 amide bonds. The van der Waals surface area contributed by atoms with Crippen LogP contribution in [-0.2, 0) is 6.42 Å². The van der Waals surface area contributed by atoms with Gasteiger partial charge >= 0.3 is 5.97 Å². The molecule has 0 bridgehead atoms. The SMILES string of the molecule is CCC(N)Cc1nc(C(=O)O)cs1. The van der Waals surface area contributed by atoms with Crippen LogP contribution < -0.4 is 5.73 Å². The van der Waals surface area contributed by atoms with E-state index in [1.807, 2.05) is 6.92 Å². The van der Waals surface area contributed by atoms with Crippen molar-refractivity contribution in [1.82, 2.24) is 4.98 Å². The van der Waals surface area contributed by atoms with Crippen LogP contribution in [0.3, 0.4) is 0 Å². The summed E-state index contributed by atoms with van der Waals surface area (Å²) >= 11 is 1.35. The van der Waals surface area contributed by atoms with Crippen molar-refractivity contribution >= 4 is 17.3 Å². The molecule has 1 atom stereocenters. The highest BCUT2D eigenvalue weighted by atomic mass is 32.1. The first kappa shape index (κ1) is 10.1. The molecular weight excluding hydrogens is 188 g/mol. The summed E-state index contributed by atoms with van der Waals surface area (Å²) in [6, 6.07) is 0.0767. The molecule has 0 aliphatic rings. The lowest BCUT2D eigenvalue weighted by Gasteiger charge is -2.03. The topological polar surface area (TPSA) is 76.2 Å². The number of carbonyl (C=O) groups is 1.